The van der Waals surface area contributed by atoms with Gasteiger partial charge >= 0.3 is 5.97 Å². The third kappa shape index (κ3) is 5.12. The Labute approximate surface area is 202 Å². The molecule has 8 nitrogen and oxygen atoms in total. The quantitative estimate of drug-likeness (QED) is 0.498. The van der Waals surface area contributed by atoms with Gasteiger partial charge in [0.15, 0.2) is 6.61 Å². The van der Waals surface area contributed by atoms with E-state index in [1.807, 2.05) is 12.1 Å². The highest BCUT2D eigenvalue weighted by atomic mass is 32.2. The van der Waals surface area contributed by atoms with E-state index in [0.717, 1.165) is 12.0 Å². The molecule has 10 heteroatoms. The van der Waals surface area contributed by atoms with Crippen molar-refractivity contribution in [2.24, 2.45) is 0 Å². The predicted molar refractivity (Wildman–Crippen MR) is 128 cm³/mol. The number of esters is 1. The molecular formula is C25H23FN2O6S. The van der Waals surface area contributed by atoms with Crippen LogP contribution in [-0.2, 0) is 26.0 Å². The number of carbonyl (C=O) groups is 2. The summed E-state index contributed by atoms with van der Waals surface area (Å²) >= 11 is 0. The predicted octanol–water partition coefficient (Wildman–Crippen LogP) is 3.77. The Morgan fingerprint density at radius 1 is 1.06 bits per heavy atom. The summed E-state index contributed by atoms with van der Waals surface area (Å²) in [7, 11) is -2.73. The van der Waals surface area contributed by atoms with E-state index in [2.05, 4.69) is 5.32 Å². The summed E-state index contributed by atoms with van der Waals surface area (Å²) in [6.07, 6.45) is 1.41. The normalized spacial score (nSPS) is 13.0. The second-order valence-electron chi connectivity index (χ2n) is 7.78. The number of hydrogen-bond acceptors (Lipinski definition) is 6. The first-order valence-electron chi connectivity index (χ1n) is 10.8. The van der Waals surface area contributed by atoms with E-state index in [0.29, 0.717) is 12.1 Å². The first-order valence-corrected chi connectivity index (χ1v) is 12.3. The van der Waals surface area contributed by atoms with Gasteiger partial charge in [0.2, 0.25) is 0 Å². The number of para-hydroxylation sites is 2. The second kappa shape index (κ2) is 10.1. The van der Waals surface area contributed by atoms with Crippen LogP contribution in [0.25, 0.3) is 0 Å². The Bertz CT molecular complexity index is 1380. The number of halogens is 1. The number of nitrogens with one attached hydrogen (secondary N) is 1. The number of fused-ring (bicyclic) bond motifs is 1. The molecule has 0 fully saturated rings. The Hall–Kier alpha value is -3.92. The van der Waals surface area contributed by atoms with Crippen LogP contribution in [0, 0.1) is 5.82 Å². The zero-order valence-corrected chi connectivity index (χ0v) is 19.7. The number of carbonyl (C=O) groups excluding carboxylic acids is 2. The molecule has 0 radical (unpaired) electrons. The lowest BCUT2D eigenvalue weighted by atomic mass is 10.0. The summed E-state index contributed by atoms with van der Waals surface area (Å²) in [4.78, 5) is 24.5. The average Bonchev–Trinajstić information content (AvgIpc) is 2.87. The average molecular weight is 499 g/mol. The molecule has 1 heterocycles. The third-order valence-electron chi connectivity index (χ3n) is 5.52. The van der Waals surface area contributed by atoms with Crippen molar-refractivity contribution < 1.29 is 31.9 Å². The van der Waals surface area contributed by atoms with Crippen LogP contribution >= 0.6 is 0 Å². The number of hydrogen-bond donors (Lipinski definition) is 1. The van der Waals surface area contributed by atoms with Crippen LogP contribution in [0.4, 0.5) is 15.8 Å². The van der Waals surface area contributed by atoms with E-state index in [4.69, 9.17) is 9.47 Å². The maximum atomic E-state index is 13.7. The first-order chi connectivity index (χ1) is 16.8. The van der Waals surface area contributed by atoms with E-state index in [9.17, 15) is 22.4 Å². The number of amides is 1. The molecule has 3 aromatic carbocycles. The molecule has 0 aliphatic carbocycles. The standard InChI is InChI=1S/C25H23FN2O6S/c1-33-22-13-12-18(25(30)34-16-24(29)27-20-10-4-3-9-19(20)26)15-23(22)35(31,32)28-14-6-8-17-7-2-5-11-21(17)28/h2-5,7,9-13,15H,6,8,14,16H2,1H3,(H,27,29). The molecule has 0 aromatic heterocycles. The minimum absolute atomic E-state index is 0.0480. The van der Waals surface area contributed by atoms with Crippen molar-refractivity contribution in [3.8, 4) is 5.75 Å². The SMILES string of the molecule is COc1ccc(C(=O)OCC(=O)Nc2ccccc2F)cc1S(=O)(=O)N1CCCc2ccccc21. The van der Waals surface area contributed by atoms with Crippen LogP contribution in [-0.4, -0.2) is 40.6 Å². The number of rotatable bonds is 7. The Morgan fingerprint density at radius 3 is 2.57 bits per heavy atom. The molecule has 4 rings (SSSR count). The van der Waals surface area contributed by atoms with E-state index in [1.165, 1.54) is 47.8 Å². The van der Waals surface area contributed by atoms with Crippen LogP contribution in [0.15, 0.2) is 71.6 Å². The number of aryl methyl sites for hydroxylation is 1. The number of methoxy groups -OCH3 is 1. The van der Waals surface area contributed by atoms with E-state index < -0.39 is 34.3 Å². The van der Waals surface area contributed by atoms with Crippen LogP contribution in [0.1, 0.15) is 22.3 Å². The minimum Gasteiger partial charge on any atom is -0.495 e. The molecule has 0 bridgehead atoms. The number of benzene rings is 3. The zero-order chi connectivity index (χ0) is 25.0. The van der Waals surface area contributed by atoms with Gasteiger partial charge in [-0.3, -0.25) is 9.10 Å². The largest absolute Gasteiger partial charge is 0.495 e. The molecular weight excluding hydrogens is 475 g/mol. The summed E-state index contributed by atoms with van der Waals surface area (Å²) in [5.41, 5.74) is 1.37. The monoisotopic (exact) mass is 498 g/mol. The second-order valence-corrected chi connectivity index (χ2v) is 9.61. The van der Waals surface area contributed by atoms with Crippen LogP contribution < -0.4 is 14.4 Å². The molecule has 1 N–H and O–H groups in total. The van der Waals surface area contributed by atoms with Gasteiger partial charge in [-0.2, -0.15) is 0 Å². The summed E-state index contributed by atoms with van der Waals surface area (Å²) in [6, 6.07) is 16.7. The van der Waals surface area contributed by atoms with Crippen molar-refractivity contribution in [3.05, 3.63) is 83.7 Å². The lowest BCUT2D eigenvalue weighted by Gasteiger charge is -2.30. The van der Waals surface area contributed by atoms with E-state index in [-0.39, 0.29) is 28.4 Å². The Morgan fingerprint density at radius 2 is 1.80 bits per heavy atom. The first kappa shape index (κ1) is 24.2. The number of sulfonamides is 1. The van der Waals surface area contributed by atoms with Crippen molar-refractivity contribution in [2.75, 3.05) is 29.9 Å². The maximum absolute atomic E-state index is 13.7. The molecule has 1 aliphatic heterocycles. The summed E-state index contributed by atoms with van der Waals surface area (Å²) in [5, 5.41) is 2.31. The molecule has 0 unspecified atom stereocenters. The molecule has 0 atom stereocenters. The van der Waals surface area contributed by atoms with Gasteiger partial charge in [0.05, 0.1) is 24.0 Å². The van der Waals surface area contributed by atoms with Crippen molar-refractivity contribution in [1.82, 2.24) is 0 Å². The van der Waals surface area contributed by atoms with E-state index >= 15 is 0 Å². The highest BCUT2D eigenvalue weighted by Crippen LogP contribution is 2.35. The summed E-state index contributed by atoms with van der Waals surface area (Å²) in [5.74, 6) is -2.21. The van der Waals surface area contributed by atoms with Gasteiger partial charge < -0.3 is 14.8 Å². The van der Waals surface area contributed by atoms with Crippen molar-refractivity contribution >= 4 is 33.3 Å². The molecule has 182 valence electrons. The van der Waals surface area contributed by atoms with Gasteiger partial charge in [0, 0.05) is 6.54 Å². The molecule has 0 spiro atoms. The summed E-state index contributed by atoms with van der Waals surface area (Å²) in [6.45, 7) is -0.395. The van der Waals surface area contributed by atoms with E-state index in [1.54, 1.807) is 18.2 Å². The Kier molecular flexibility index (Phi) is 7.02. The Balaban J connectivity index is 1.54. The third-order valence-corrected chi connectivity index (χ3v) is 7.35. The number of ether oxygens (including phenoxy) is 2. The number of anilines is 2. The van der Waals surface area contributed by atoms with Gasteiger partial charge in [-0.1, -0.05) is 30.3 Å². The fraction of sp³-hybridized carbons (Fsp3) is 0.200. The summed E-state index contributed by atoms with van der Waals surface area (Å²) < 4.78 is 52.5. The van der Waals surface area contributed by atoms with Crippen molar-refractivity contribution in [2.45, 2.75) is 17.7 Å². The van der Waals surface area contributed by atoms with Gasteiger partial charge in [0.1, 0.15) is 16.5 Å². The molecule has 1 aliphatic rings. The van der Waals surface area contributed by atoms with Crippen LogP contribution in [0.5, 0.6) is 5.75 Å². The lowest BCUT2D eigenvalue weighted by Crippen LogP contribution is -2.35. The van der Waals surface area contributed by atoms with Crippen LogP contribution in [0.3, 0.4) is 0 Å². The maximum Gasteiger partial charge on any atom is 0.338 e. The molecule has 0 saturated heterocycles. The highest BCUT2D eigenvalue weighted by molar-refractivity contribution is 7.93. The number of nitrogens with zero attached hydrogens (tertiary/aromatic N) is 1. The highest BCUT2D eigenvalue weighted by Gasteiger charge is 2.32. The van der Waals surface area contributed by atoms with Gasteiger partial charge in [-0.15, -0.1) is 0 Å². The minimum atomic E-state index is -4.07. The fourth-order valence-corrected chi connectivity index (χ4v) is 5.56. The van der Waals surface area contributed by atoms with Crippen molar-refractivity contribution in [3.63, 3.8) is 0 Å². The molecule has 3 aromatic rings. The van der Waals surface area contributed by atoms with Gasteiger partial charge in [-0.25, -0.2) is 17.6 Å². The van der Waals surface area contributed by atoms with Crippen LogP contribution in [0.2, 0.25) is 0 Å². The van der Waals surface area contributed by atoms with Crippen molar-refractivity contribution in [1.29, 1.82) is 0 Å². The van der Waals surface area contributed by atoms with Gasteiger partial charge in [0.25, 0.3) is 15.9 Å². The smallest absolute Gasteiger partial charge is 0.338 e. The molecule has 1 amide bonds. The lowest BCUT2D eigenvalue weighted by molar-refractivity contribution is -0.119. The molecule has 0 saturated carbocycles. The fourth-order valence-electron chi connectivity index (χ4n) is 3.84. The topological polar surface area (TPSA) is 102 Å². The molecule has 35 heavy (non-hydrogen) atoms. The van der Waals surface area contributed by atoms with Gasteiger partial charge in [-0.05, 0) is 54.8 Å². The zero-order valence-electron chi connectivity index (χ0n) is 18.9.